The molecule has 2 fully saturated rings. The van der Waals surface area contributed by atoms with E-state index in [4.69, 9.17) is 0 Å². The van der Waals surface area contributed by atoms with Crippen LogP contribution in [0.25, 0.3) is 0 Å². The molecule has 0 radical (unpaired) electrons. The van der Waals surface area contributed by atoms with Crippen LogP contribution in [0.3, 0.4) is 0 Å². The van der Waals surface area contributed by atoms with E-state index < -0.39 is 0 Å². The summed E-state index contributed by atoms with van der Waals surface area (Å²) in [6.45, 7) is 4.62. The fourth-order valence-corrected chi connectivity index (χ4v) is 3.39. The molecule has 24 heavy (non-hydrogen) atoms. The minimum absolute atomic E-state index is 0. The third-order valence-corrected chi connectivity index (χ3v) is 4.47. The Hall–Kier alpha value is 0.640. The molecule has 0 aliphatic heterocycles. The maximum absolute atomic E-state index is 2.42. The van der Waals surface area contributed by atoms with Crippen LogP contribution in [0.2, 0.25) is 13.1 Å². The number of halogens is 2. The molecule has 0 amide bonds. The second-order valence-corrected chi connectivity index (χ2v) is 16.0. The van der Waals surface area contributed by atoms with Gasteiger partial charge in [0.05, 0.1) is 0 Å². The van der Waals surface area contributed by atoms with E-state index in [9.17, 15) is 0 Å². The Morgan fingerprint density at radius 1 is 0.750 bits per heavy atom. The molecule has 2 saturated carbocycles. The Balaban J connectivity index is 0.000000341. The van der Waals surface area contributed by atoms with Gasteiger partial charge < -0.3 is 12.8 Å². The van der Waals surface area contributed by atoms with E-state index in [2.05, 4.69) is 74.5 Å². The molecule has 4 heteroatoms. The van der Waals surface area contributed by atoms with E-state index in [0.29, 0.717) is 0 Å². The molecule has 0 aromatic heterocycles. The maximum atomic E-state index is 2.42. The summed E-state index contributed by atoms with van der Waals surface area (Å²) in [6, 6.07) is 0. The molecule has 0 bridgehead atoms. The summed E-state index contributed by atoms with van der Waals surface area (Å²) in [4.78, 5) is 0. The molecule has 132 valence electrons. The molecule has 0 N–H and O–H groups in total. The van der Waals surface area contributed by atoms with Gasteiger partial charge in [-0.25, -0.2) is 0 Å². The molecule has 4 aliphatic carbocycles. The first kappa shape index (κ1) is 24.6. The number of rotatable bonds is 0. The van der Waals surface area contributed by atoms with Crippen molar-refractivity contribution in [3.05, 3.63) is 61.4 Å². The largest absolute Gasteiger partial charge is 0.147 e. The first-order valence-corrected chi connectivity index (χ1v) is 14.7. The van der Waals surface area contributed by atoms with E-state index >= 15 is 0 Å². The van der Waals surface area contributed by atoms with Gasteiger partial charge in [0.15, 0.2) is 0 Å². The molecule has 4 unspecified atom stereocenters. The molecule has 4 rings (SSSR count). The topological polar surface area (TPSA) is 0 Å². The summed E-state index contributed by atoms with van der Waals surface area (Å²) < 4.78 is 0. The molecule has 0 saturated heterocycles. The van der Waals surface area contributed by atoms with Crippen LogP contribution in [0.5, 0.6) is 0 Å². The predicted octanol–water partition coefficient (Wildman–Crippen LogP) is 6.31. The molecule has 4 atom stereocenters. The maximum Gasteiger partial charge on any atom is -0.147 e. The standard InChI is InChI=1S/2C9H11.C2H6Si.2ClH.Zr/c2*1-2-5-9-7-3-6-8(9)4-1;1-3-2;;;/h2*1-2,4-6,8-9H,3,7H2;1-2H3;2*1H;/q2*-1;;;;+2. The van der Waals surface area contributed by atoms with Crippen molar-refractivity contribution < 1.29 is 23.3 Å². The van der Waals surface area contributed by atoms with E-state index in [1.807, 2.05) is 0 Å². The van der Waals surface area contributed by atoms with Gasteiger partial charge in [-0.05, 0) is 11.8 Å². The average molecular weight is 461 g/mol. The zero-order valence-corrected chi connectivity index (χ0v) is 19.8. The van der Waals surface area contributed by atoms with Crippen LogP contribution in [-0.2, 0) is 23.3 Å². The monoisotopic (exact) mass is 458 g/mol. The van der Waals surface area contributed by atoms with Gasteiger partial charge in [-0.3, -0.25) is 0 Å². The Morgan fingerprint density at radius 2 is 1.08 bits per heavy atom. The van der Waals surface area contributed by atoms with Gasteiger partial charge in [-0.15, -0.1) is 48.8 Å². The van der Waals surface area contributed by atoms with Gasteiger partial charge >= 0.3 is 41.9 Å². The second-order valence-electron chi connectivity index (χ2n) is 6.65. The molecule has 0 aromatic carbocycles. The number of fused-ring (bicyclic) bond motifs is 2. The zero-order chi connectivity index (χ0) is 15.8. The Labute approximate surface area is 176 Å². The second kappa shape index (κ2) is 13.8. The van der Waals surface area contributed by atoms with Crippen molar-refractivity contribution in [2.24, 2.45) is 23.7 Å². The van der Waals surface area contributed by atoms with Gasteiger partial charge in [0.2, 0.25) is 0 Å². The summed E-state index contributed by atoms with van der Waals surface area (Å²) in [5.41, 5.74) is 0.210. The first-order valence-electron chi connectivity index (χ1n) is 8.55. The van der Waals surface area contributed by atoms with Crippen LogP contribution in [0, 0.1) is 36.5 Å². The molecular formula is C20H30Cl2SiZr. The normalized spacial score (nSPS) is 30.5. The van der Waals surface area contributed by atoms with Gasteiger partial charge in [-0.1, -0.05) is 49.3 Å². The minimum atomic E-state index is 0. The number of allylic oxidation sites excluding steroid dienone is 8. The zero-order valence-electron chi connectivity index (χ0n) is 14.7. The number of hydrogen-bond acceptors (Lipinski definition) is 0. The minimum Gasteiger partial charge on any atom is -0.147 e. The third-order valence-electron chi connectivity index (χ3n) is 4.47. The molecule has 0 spiro atoms. The first-order chi connectivity index (χ1) is 10.7. The van der Waals surface area contributed by atoms with Gasteiger partial charge in [0.1, 0.15) is 0 Å². The Morgan fingerprint density at radius 3 is 1.42 bits per heavy atom. The van der Waals surface area contributed by atoms with Crippen molar-refractivity contribution in [1.82, 2.24) is 0 Å². The smallest absolute Gasteiger partial charge is 0.147 e. The summed E-state index contributed by atoms with van der Waals surface area (Å²) >= 11 is 1.74. The van der Waals surface area contributed by atoms with Crippen LogP contribution in [-0.4, -0.2) is 5.43 Å². The van der Waals surface area contributed by atoms with Crippen molar-refractivity contribution in [2.75, 3.05) is 0 Å². The van der Waals surface area contributed by atoms with Crippen molar-refractivity contribution in [3.63, 3.8) is 0 Å². The van der Waals surface area contributed by atoms with Crippen molar-refractivity contribution in [1.29, 1.82) is 0 Å². The average Bonchev–Trinajstić information content (AvgIpc) is 3.16. The van der Waals surface area contributed by atoms with Crippen LogP contribution in [0.15, 0.2) is 48.6 Å². The van der Waals surface area contributed by atoms with E-state index in [1.165, 1.54) is 25.7 Å². The summed E-state index contributed by atoms with van der Waals surface area (Å²) in [5.74, 6) is 3.23. The molecule has 4 aliphatic rings. The third kappa shape index (κ3) is 8.84. The van der Waals surface area contributed by atoms with Crippen LogP contribution >= 0.6 is 24.8 Å². The predicted molar refractivity (Wildman–Crippen MR) is 110 cm³/mol. The van der Waals surface area contributed by atoms with Crippen molar-refractivity contribution >= 4 is 30.2 Å². The Kier molecular flexibility index (Phi) is 14.2. The van der Waals surface area contributed by atoms with E-state index in [-0.39, 0.29) is 30.2 Å². The summed E-state index contributed by atoms with van der Waals surface area (Å²) in [7, 11) is 0. The van der Waals surface area contributed by atoms with Gasteiger partial charge in [-0.2, -0.15) is 12.8 Å². The SMILES string of the molecule is C1=CC2[CH-]CCC2C=C1.C1=CC2[CH-]CCC2C=C1.C[Si](C)=[Zr+2].Cl.Cl. The quantitative estimate of drug-likeness (QED) is 0.293. The van der Waals surface area contributed by atoms with Crippen molar-refractivity contribution in [3.8, 4) is 0 Å². The van der Waals surface area contributed by atoms with Crippen LogP contribution < -0.4 is 0 Å². The summed E-state index contributed by atoms with van der Waals surface area (Å²) in [5, 5.41) is 0. The van der Waals surface area contributed by atoms with Crippen LogP contribution in [0.4, 0.5) is 0 Å². The summed E-state index contributed by atoms with van der Waals surface area (Å²) in [6.07, 6.45) is 28.1. The molecular weight excluding hydrogens is 430 g/mol. The molecule has 0 aromatic rings. The van der Waals surface area contributed by atoms with Gasteiger partial charge in [0.25, 0.3) is 0 Å². The van der Waals surface area contributed by atoms with Crippen molar-refractivity contribution in [2.45, 2.75) is 38.8 Å². The fraction of sp³-hybridized carbons (Fsp3) is 0.500. The molecule has 0 nitrogen and oxygen atoms in total. The van der Waals surface area contributed by atoms with Gasteiger partial charge in [0, 0.05) is 0 Å². The van der Waals surface area contributed by atoms with E-state index in [0.717, 1.165) is 23.7 Å². The Bertz CT molecular complexity index is 404. The van der Waals surface area contributed by atoms with Crippen LogP contribution in [0.1, 0.15) is 25.7 Å². The fourth-order valence-electron chi connectivity index (χ4n) is 3.39. The number of hydrogen-bond donors (Lipinski definition) is 0. The molecule has 0 heterocycles. The van der Waals surface area contributed by atoms with E-state index in [1.54, 1.807) is 23.3 Å².